The molecule has 3 heterocycles. The van der Waals surface area contributed by atoms with Gasteiger partial charge in [0, 0.05) is 6.42 Å². The van der Waals surface area contributed by atoms with Gasteiger partial charge in [0.25, 0.3) is 0 Å². The molecular formula is C79H147NO18. The summed E-state index contributed by atoms with van der Waals surface area (Å²) in [6.07, 6.45) is 47.2. The Morgan fingerprint density at radius 3 is 1.02 bits per heavy atom. The van der Waals surface area contributed by atoms with Crippen LogP contribution in [0.4, 0.5) is 0 Å². The fourth-order valence-electron chi connectivity index (χ4n) is 13.7. The lowest BCUT2D eigenvalue weighted by Gasteiger charge is -2.48. The molecule has 0 aromatic rings. The van der Waals surface area contributed by atoms with Crippen LogP contribution >= 0.6 is 0 Å². The van der Waals surface area contributed by atoms with E-state index >= 15 is 0 Å². The number of ether oxygens (including phenoxy) is 6. The summed E-state index contributed by atoms with van der Waals surface area (Å²) < 4.78 is 34.4. The number of allylic oxidation sites excluding steroid dienone is 5. The van der Waals surface area contributed by atoms with E-state index in [4.69, 9.17) is 28.4 Å². The number of rotatable bonds is 64. The summed E-state index contributed by atoms with van der Waals surface area (Å²) in [5.41, 5.74) is 0. The Bertz CT molecular complexity index is 1910. The molecule has 0 aromatic heterocycles. The highest BCUT2D eigenvalue weighted by atomic mass is 16.8. The van der Waals surface area contributed by atoms with Gasteiger partial charge in [0.2, 0.25) is 5.91 Å². The third kappa shape index (κ3) is 40.3. The molecule has 0 aliphatic carbocycles. The van der Waals surface area contributed by atoms with Crippen molar-refractivity contribution in [2.45, 2.75) is 433 Å². The van der Waals surface area contributed by atoms with E-state index in [9.17, 15) is 61.0 Å². The minimum absolute atomic E-state index is 0.236. The molecule has 17 atom stereocenters. The normalized spacial score (nSPS) is 26.9. The highest BCUT2D eigenvalue weighted by Crippen LogP contribution is 2.33. The average molecular weight is 1400 g/mol. The van der Waals surface area contributed by atoms with Crippen LogP contribution < -0.4 is 5.32 Å². The zero-order valence-corrected chi connectivity index (χ0v) is 61.5. The van der Waals surface area contributed by atoms with Gasteiger partial charge in [-0.05, 0) is 44.9 Å². The Kier molecular flexibility index (Phi) is 55.5. The lowest BCUT2D eigenvalue weighted by Crippen LogP contribution is -2.66. The molecule has 12 N–H and O–H groups in total. The monoisotopic (exact) mass is 1400 g/mol. The van der Waals surface area contributed by atoms with E-state index in [1.165, 1.54) is 250 Å². The molecule has 3 aliphatic rings. The van der Waals surface area contributed by atoms with E-state index in [1.807, 2.05) is 6.08 Å². The molecular weight excluding hydrogens is 1250 g/mol. The van der Waals surface area contributed by atoms with Gasteiger partial charge in [0.15, 0.2) is 18.9 Å². The lowest BCUT2D eigenvalue weighted by molar-refractivity contribution is -0.379. The molecule has 0 radical (unpaired) electrons. The van der Waals surface area contributed by atoms with Gasteiger partial charge in [-0.25, -0.2) is 0 Å². The van der Waals surface area contributed by atoms with Gasteiger partial charge in [-0.2, -0.15) is 0 Å². The van der Waals surface area contributed by atoms with Crippen LogP contribution in [0.2, 0.25) is 0 Å². The predicted octanol–water partition coefficient (Wildman–Crippen LogP) is 13.1. The van der Waals surface area contributed by atoms with Crippen molar-refractivity contribution in [3.63, 3.8) is 0 Å². The van der Waals surface area contributed by atoms with Gasteiger partial charge in [-0.1, -0.05) is 314 Å². The topological polar surface area (TPSA) is 307 Å². The van der Waals surface area contributed by atoms with E-state index in [0.717, 1.165) is 44.9 Å². The van der Waals surface area contributed by atoms with Crippen molar-refractivity contribution in [2.75, 3.05) is 26.4 Å². The van der Waals surface area contributed by atoms with Crippen molar-refractivity contribution in [3.05, 3.63) is 36.5 Å². The second kappa shape index (κ2) is 60.3. The van der Waals surface area contributed by atoms with Crippen LogP contribution in [0.5, 0.6) is 0 Å². The number of carbonyl (C=O) groups is 1. The third-order valence-corrected chi connectivity index (χ3v) is 20.2. The zero-order chi connectivity index (χ0) is 71.1. The fraction of sp³-hybridized carbons (Fsp3) is 0.911. The van der Waals surface area contributed by atoms with E-state index in [2.05, 4.69) is 43.5 Å². The maximum atomic E-state index is 13.5. The Hall–Kier alpha value is -1.99. The molecule has 3 rings (SSSR count). The molecule has 17 unspecified atom stereocenters. The SMILES string of the molecule is CCCCCCCCCCCC/C=C/CC/C=C/CC/C=C/C(O)C(COC1OC(CO)C(OC2OC(CO)C(OC3OC(CO)C(O)C(O)C3O)C(O)C2O)C(O)C1O)NC(=O)CCCCCCCCCCCCCCCCCCCCCCCCCCCCCCCCCCC. The predicted molar refractivity (Wildman–Crippen MR) is 388 cm³/mol. The van der Waals surface area contributed by atoms with Crippen molar-refractivity contribution in [1.29, 1.82) is 0 Å². The summed E-state index contributed by atoms with van der Waals surface area (Å²) in [6.45, 7) is 1.75. The van der Waals surface area contributed by atoms with Crippen LogP contribution in [0.15, 0.2) is 36.5 Å². The minimum atomic E-state index is -1.98. The molecule has 0 spiro atoms. The number of aliphatic hydroxyl groups excluding tert-OH is 11. The van der Waals surface area contributed by atoms with Crippen molar-refractivity contribution in [2.24, 2.45) is 0 Å². The summed E-state index contributed by atoms with van der Waals surface area (Å²) in [5.74, 6) is -0.283. The number of aliphatic hydroxyl groups is 11. The van der Waals surface area contributed by atoms with Gasteiger partial charge in [0.1, 0.15) is 73.2 Å². The van der Waals surface area contributed by atoms with Crippen molar-refractivity contribution >= 4 is 5.91 Å². The smallest absolute Gasteiger partial charge is 0.220 e. The van der Waals surface area contributed by atoms with Crippen LogP contribution in [-0.4, -0.2) is 193 Å². The van der Waals surface area contributed by atoms with Gasteiger partial charge in [-0.15, -0.1) is 0 Å². The Morgan fingerprint density at radius 1 is 0.357 bits per heavy atom. The molecule has 0 bridgehead atoms. The first-order valence-electron chi connectivity index (χ1n) is 40.2. The Morgan fingerprint density at radius 2 is 0.653 bits per heavy atom. The molecule has 0 aromatic carbocycles. The molecule has 3 fully saturated rings. The van der Waals surface area contributed by atoms with Crippen LogP contribution in [0, 0.1) is 0 Å². The molecule has 3 aliphatic heterocycles. The summed E-state index contributed by atoms with van der Waals surface area (Å²) >= 11 is 0. The average Bonchev–Trinajstić information content (AvgIpc) is 0.785. The summed E-state index contributed by atoms with van der Waals surface area (Å²) in [6, 6.07) is -0.995. The lowest BCUT2D eigenvalue weighted by atomic mass is 9.96. The van der Waals surface area contributed by atoms with Crippen LogP contribution in [0.3, 0.4) is 0 Å². The number of nitrogens with one attached hydrogen (secondary N) is 1. The molecule has 3 saturated heterocycles. The van der Waals surface area contributed by atoms with Gasteiger partial charge >= 0.3 is 0 Å². The van der Waals surface area contributed by atoms with Gasteiger partial charge in [-0.3, -0.25) is 4.79 Å². The quantitative estimate of drug-likeness (QED) is 0.0199. The van der Waals surface area contributed by atoms with Gasteiger partial charge in [0.05, 0.1) is 38.6 Å². The first-order chi connectivity index (χ1) is 47.8. The van der Waals surface area contributed by atoms with Crippen LogP contribution in [0.25, 0.3) is 0 Å². The molecule has 576 valence electrons. The third-order valence-electron chi connectivity index (χ3n) is 20.2. The number of unbranched alkanes of at least 4 members (excludes halogenated alkanes) is 44. The van der Waals surface area contributed by atoms with E-state index in [-0.39, 0.29) is 18.9 Å². The van der Waals surface area contributed by atoms with E-state index < -0.39 is 124 Å². The van der Waals surface area contributed by atoms with Crippen LogP contribution in [0.1, 0.15) is 328 Å². The highest BCUT2D eigenvalue weighted by Gasteiger charge is 2.54. The number of hydrogen-bond acceptors (Lipinski definition) is 18. The molecule has 0 saturated carbocycles. The zero-order valence-electron chi connectivity index (χ0n) is 61.5. The second-order valence-corrected chi connectivity index (χ2v) is 28.9. The first-order valence-corrected chi connectivity index (χ1v) is 40.2. The minimum Gasteiger partial charge on any atom is -0.394 e. The number of hydrogen-bond donors (Lipinski definition) is 12. The second-order valence-electron chi connectivity index (χ2n) is 28.9. The number of amides is 1. The molecule has 1 amide bonds. The Labute approximate surface area is 593 Å². The Balaban J connectivity index is 1.36. The van der Waals surface area contributed by atoms with Crippen molar-refractivity contribution in [3.8, 4) is 0 Å². The molecule has 98 heavy (non-hydrogen) atoms. The maximum absolute atomic E-state index is 13.5. The maximum Gasteiger partial charge on any atom is 0.220 e. The van der Waals surface area contributed by atoms with E-state index in [0.29, 0.717) is 12.8 Å². The largest absolute Gasteiger partial charge is 0.394 e. The standard InChI is InChI=1S/C79H147NO18/c1-3-5-7-9-11-13-15-17-19-21-23-25-26-27-28-29-30-31-32-33-34-35-36-37-39-41-43-45-47-49-51-53-55-57-67(85)80-62(63(84)56-54-52-50-48-46-44-42-40-38-24-22-20-18-16-14-12-10-8-6-4-2)61-93-77-73(91)70(88)75(65(59-82)95-77)98-79-74(92)71(89)76(66(60-83)96-79)97-78-72(90)69(87)68(86)64(58-81)94-78/h38,40,46,48,54,56,62-66,68-79,81-84,86-92H,3-37,39,41-45,47,49-53,55,57-61H2,1-2H3,(H,80,85)/b40-38+,48-46+,56-54+. The van der Waals surface area contributed by atoms with Crippen molar-refractivity contribution in [1.82, 2.24) is 5.32 Å². The molecule has 19 heteroatoms. The summed E-state index contributed by atoms with van der Waals surface area (Å²) in [5, 5.41) is 121. The fourth-order valence-corrected chi connectivity index (χ4v) is 13.7. The summed E-state index contributed by atoms with van der Waals surface area (Å²) in [4.78, 5) is 13.5. The number of carbonyl (C=O) groups excluding carboxylic acids is 1. The van der Waals surface area contributed by atoms with E-state index in [1.54, 1.807) is 6.08 Å². The summed E-state index contributed by atoms with van der Waals surface area (Å²) in [7, 11) is 0. The van der Waals surface area contributed by atoms with Crippen LogP contribution in [-0.2, 0) is 33.2 Å². The highest BCUT2D eigenvalue weighted by molar-refractivity contribution is 5.76. The van der Waals surface area contributed by atoms with Gasteiger partial charge < -0.3 is 89.9 Å². The molecule has 19 nitrogen and oxygen atoms in total. The first kappa shape index (κ1) is 90.2. The van der Waals surface area contributed by atoms with Crippen molar-refractivity contribution < 1.29 is 89.4 Å².